The molecular formula is C16H23N3O. The van der Waals surface area contributed by atoms with Crippen molar-refractivity contribution < 1.29 is 4.74 Å². The van der Waals surface area contributed by atoms with Gasteiger partial charge in [-0.3, -0.25) is 0 Å². The van der Waals surface area contributed by atoms with Gasteiger partial charge in [0.25, 0.3) is 0 Å². The van der Waals surface area contributed by atoms with Crippen LogP contribution in [0, 0.1) is 0 Å². The molecule has 2 unspecified atom stereocenters. The van der Waals surface area contributed by atoms with Crippen LogP contribution >= 0.6 is 0 Å². The average Bonchev–Trinajstić information content (AvgIpc) is 3.08. The molecule has 0 bridgehead atoms. The normalized spacial score (nSPS) is 22.7. The van der Waals surface area contributed by atoms with Crippen LogP contribution in [0.1, 0.15) is 32.0 Å². The van der Waals surface area contributed by atoms with Crippen LogP contribution in [-0.2, 0) is 11.3 Å². The molecule has 1 aliphatic rings. The second-order valence-corrected chi connectivity index (χ2v) is 5.41. The Hall–Kier alpha value is -1.39. The summed E-state index contributed by atoms with van der Waals surface area (Å²) < 4.78 is 8.03. The average molecular weight is 273 g/mol. The van der Waals surface area contributed by atoms with Gasteiger partial charge in [0.05, 0.1) is 30.2 Å². The van der Waals surface area contributed by atoms with Gasteiger partial charge in [0.15, 0.2) is 0 Å². The number of aryl methyl sites for hydroxylation is 1. The lowest BCUT2D eigenvalue weighted by Crippen LogP contribution is -2.35. The van der Waals surface area contributed by atoms with Gasteiger partial charge in [-0.25, -0.2) is 4.98 Å². The summed E-state index contributed by atoms with van der Waals surface area (Å²) in [4.78, 5) is 4.87. The number of hydrogen-bond acceptors (Lipinski definition) is 3. The standard InChI is InChI=1S/C16H23N3O/c1-3-9-17-14-11-20-10-12(14)16-18-13-7-5-6-8-15(13)19(16)4-2/h5-8,12,14,17H,3-4,9-11H2,1-2H3. The first-order valence-electron chi connectivity index (χ1n) is 7.61. The molecule has 0 amide bonds. The van der Waals surface area contributed by atoms with Crippen molar-refractivity contribution in [3.05, 3.63) is 30.1 Å². The minimum atomic E-state index is 0.355. The van der Waals surface area contributed by atoms with Gasteiger partial charge < -0.3 is 14.6 Å². The molecule has 3 rings (SSSR count). The molecular weight excluding hydrogens is 250 g/mol. The van der Waals surface area contributed by atoms with Gasteiger partial charge >= 0.3 is 0 Å². The predicted molar refractivity (Wildman–Crippen MR) is 81.0 cm³/mol. The van der Waals surface area contributed by atoms with Crippen molar-refractivity contribution >= 4 is 11.0 Å². The van der Waals surface area contributed by atoms with E-state index in [2.05, 4.69) is 48.0 Å². The van der Waals surface area contributed by atoms with Gasteiger partial charge in [-0.05, 0) is 32.0 Å². The molecule has 0 radical (unpaired) electrons. The molecule has 4 nitrogen and oxygen atoms in total. The summed E-state index contributed by atoms with van der Waals surface area (Å²) in [5.41, 5.74) is 2.32. The second kappa shape index (κ2) is 5.94. The minimum absolute atomic E-state index is 0.355. The van der Waals surface area contributed by atoms with Crippen LogP contribution in [0.2, 0.25) is 0 Å². The van der Waals surface area contributed by atoms with Gasteiger partial charge in [-0.1, -0.05) is 19.1 Å². The highest BCUT2D eigenvalue weighted by Crippen LogP contribution is 2.28. The Labute approximate surface area is 120 Å². The fourth-order valence-corrected chi connectivity index (χ4v) is 3.05. The molecule has 1 aromatic heterocycles. The van der Waals surface area contributed by atoms with E-state index in [1.165, 1.54) is 11.3 Å². The topological polar surface area (TPSA) is 39.1 Å². The van der Waals surface area contributed by atoms with E-state index in [9.17, 15) is 0 Å². The van der Waals surface area contributed by atoms with Gasteiger partial charge in [-0.2, -0.15) is 0 Å². The molecule has 20 heavy (non-hydrogen) atoms. The van der Waals surface area contributed by atoms with E-state index in [1.54, 1.807) is 0 Å². The molecule has 2 aromatic rings. The fraction of sp³-hybridized carbons (Fsp3) is 0.562. The highest BCUT2D eigenvalue weighted by molar-refractivity contribution is 5.76. The maximum Gasteiger partial charge on any atom is 0.116 e. The highest BCUT2D eigenvalue weighted by atomic mass is 16.5. The maximum absolute atomic E-state index is 5.70. The van der Waals surface area contributed by atoms with Crippen molar-refractivity contribution in [2.75, 3.05) is 19.8 Å². The molecule has 0 saturated carbocycles. The molecule has 2 atom stereocenters. The summed E-state index contributed by atoms with van der Waals surface area (Å²) in [6.45, 7) is 7.92. The molecule has 4 heteroatoms. The lowest BCUT2D eigenvalue weighted by Gasteiger charge is -2.19. The van der Waals surface area contributed by atoms with E-state index in [-0.39, 0.29) is 0 Å². The molecule has 2 heterocycles. The van der Waals surface area contributed by atoms with Crippen LogP contribution < -0.4 is 5.32 Å². The first-order valence-corrected chi connectivity index (χ1v) is 7.61. The third-order valence-electron chi connectivity index (χ3n) is 4.07. The van der Waals surface area contributed by atoms with Crippen molar-refractivity contribution in [1.29, 1.82) is 0 Å². The molecule has 108 valence electrons. The van der Waals surface area contributed by atoms with Crippen LogP contribution in [0.5, 0.6) is 0 Å². The maximum atomic E-state index is 5.70. The first-order chi connectivity index (χ1) is 9.85. The number of ether oxygens (including phenoxy) is 1. The lowest BCUT2D eigenvalue weighted by atomic mass is 10.0. The van der Waals surface area contributed by atoms with E-state index in [1.807, 2.05) is 0 Å². The molecule has 1 aliphatic heterocycles. The smallest absolute Gasteiger partial charge is 0.116 e. The molecule has 1 aromatic carbocycles. The van der Waals surface area contributed by atoms with Gasteiger partial charge in [0.2, 0.25) is 0 Å². The van der Waals surface area contributed by atoms with E-state index in [0.29, 0.717) is 12.0 Å². The fourth-order valence-electron chi connectivity index (χ4n) is 3.05. The van der Waals surface area contributed by atoms with E-state index in [0.717, 1.165) is 38.2 Å². The molecule has 0 aliphatic carbocycles. The Kier molecular flexibility index (Phi) is 4.03. The molecule has 1 saturated heterocycles. The quantitative estimate of drug-likeness (QED) is 0.910. The Morgan fingerprint density at radius 1 is 1.30 bits per heavy atom. The predicted octanol–water partition coefficient (Wildman–Crippen LogP) is 2.54. The number of nitrogens with zero attached hydrogens (tertiary/aromatic N) is 2. The summed E-state index contributed by atoms with van der Waals surface area (Å²) in [6, 6.07) is 8.77. The van der Waals surface area contributed by atoms with Crippen molar-refractivity contribution in [3.8, 4) is 0 Å². The molecule has 1 fully saturated rings. The third-order valence-corrected chi connectivity index (χ3v) is 4.07. The number of rotatable bonds is 5. The Morgan fingerprint density at radius 2 is 2.15 bits per heavy atom. The molecule has 0 spiro atoms. The van der Waals surface area contributed by atoms with Crippen LogP contribution in [0.3, 0.4) is 0 Å². The number of nitrogens with one attached hydrogen (secondary N) is 1. The Morgan fingerprint density at radius 3 is 2.95 bits per heavy atom. The van der Waals surface area contributed by atoms with E-state index >= 15 is 0 Å². The highest BCUT2D eigenvalue weighted by Gasteiger charge is 2.32. The van der Waals surface area contributed by atoms with Crippen molar-refractivity contribution in [3.63, 3.8) is 0 Å². The summed E-state index contributed by atoms with van der Waals surface area (Å²) in [6.07, 6.45) is 1.15. The summed E-state index contributed by atoms with van der Waals surface area (Å²) in [5.74, 6) is 1.52. The zero-order valence-corrected chi connectivity index (χ0v) is 12.3. The van der Waals surface area contributed by atoms with Gasteiger partial charge in [-0.15, -0.1) is 0 Å². The largest absolute Gasteiger partial charge is 0.379 e. The number of aromatic nitrogens is 2. The number of hydrogen-bond donors (Lipinski definition) is 1. The van der Waals surface area contributed by atoms with Gasteiger partial charge in [0, 0.05) is 12.6 Å². The Balaban J connectivity index is 1.96. The summed E-state index contributed by atoms with van der Waals surface area (Å²) in [7, 11) is 0. The SMILES string of the molecule is CCCNC1COCC1c1nc2ccccc2n1CC. The first kappa shape index (κ1) is 13.6. The zero-order chi connectivity index (χ0) is 13.9. The summed E-state index contributed by atoms with van der Waals surface area (Å²) in [5, 5.41) is 3.60. The monoisotopic (exact) mass is 273 g/mol. The van der Waals surface area contributed by atoms with Crippen LogP contribution in [-0.4, -0.2) is 35.4 Å². The number of fused-ring (bicyclic) bond motifs is 1. The van der Waals surface area contributed by atoms with Crippen molar-refractivity contribution in [2.24, 2.45) is 0 Å². The van der Waals surface area contributed by atoms with Crippen LogP contribution in [0.15, 0.2) is 24.3 Å². The second-order valence-electron chi connectivity index (χ2n) is 5.41. The van der Waals surface area contributed by atoms with Crippen LogP contribution in [0.4, 0.5) is 0 Å². The van der Waals surface area contributed by atoms with E-state index < -0.39 is 0 Å². The third kappa shape index (κ3) is 2.34. The van der Waals surface area contributed by atoms with Crippen LogP contribution in [0.25, 0.3) is 11.0 Å². The number of para-hydroxylation sites is 2. The number of imidazole rings is 1. The van der Waals surface area contributed by atoms with Gasteiger partial charge in [0.1, 0.15) is 5.82 Å². The Bertz CT molecular complexity index is 578. The minimum Gasteiger partial charge on any atom is -0.379 e. The molecule has 1 N–H and O–H groups in total. The number of benzene rings is 1. The lowest BCUT2D eigenvalue weighted by molar-refractivity contribution is 0.187. The van der Waals surface area contributed by atoms with Crippen molar-refractivity contribution in [1.82, 2.24) is 14.9 Å². The summed E-state index contributed by atoms with van der Waals surface area (Å²) >= 11 is 0. The van der Waals surface area contributed by atoms with Crippen molar-refractivity contribution in [2.45, 2.75) is 38.8 Å². The van der Waals surface area contributed by atoms with E-state index in [4.69, 9.17) is 9.72 Å². The zero-order valence-electron chi connectivity index (χ0n) is 12.3.